The van der Waals surface area contributed by atoms with E-state index >= 15 is 0 Å². The van der Waals surface area contributed by atoms with Gasteiger partial charge in [0.15, 0.2) is 9.84 Å². The lowest BCUT2D eigenvalue weighted by atomic mass is 10.1. The summed E-state index contributed by atoms with van der Waals surface area (Å²) < 4.78 is 23.1. The van der Waals surface area contributed by atoms with E-state index in [-0.39, 0.29) is 22.9 Å². The molecule has 1 amide bonds. The lowest BCUT2D eigenvalue weighted by Crippen LogP contribution is -2.47. The first-order valence-electron chi connectivity index (χ1n) is 9.42. The van der Waals surface area contributed by atoms with Gasteiger partial charge in [-0.2, -0.15) is 0 Å². The predicted octanol–water partition coefficient (Wildman–Crippen LogP) is 3.23. The number of carbonyl (C=O) groups is 1. The van der Waals surface area contributed by atoms with Gasteiger partial charge in [-0.1, -0.05) is 23.7 Å². The lowest BCUT2D eigenvalue weighted by Gasteiger charge is -2.22. The number of halogens is 1. The van der Waals surface area contributed by atoms with E-state index in [0.717, 1.165) is 43.5 Å². The molecule has 0 saturated heterocycles. The number of amides is 1. The average molecular weight is 421 g/mol. The fourth-order valence-electron chi connectivity index (χ4n) is 3.54. The summed E-state index contributed by atoms with van der Waals surface area (Å²) in [5, 5.41) is 7.38. The van der Waals surface area contributed by atoms with Gasteiger partial charge in [-0.15, -0.1) is 0 Å². The highest BCUT2D eigenvalue weighted by Gasteiger charge is 2.28. The molecule has 150 valence electrons. The maximum absolute atomic E-state index is 12.5. The van der Waals surface area contributed by atoms with Gasteiger partial charge < -0.3 is 10.6 Å². The van der Waals surface area contributed by atoms with Gasteiger partial charge in [0, 0.05) is 28.9 Å². The van der Waals surface area contributed by atoms with Crippen LogP contribution in [0.5, 0.6) is 0 Å². The summed E-state index contributed by atoms with van der Waals surface area (Å²) >= 11 is 5.91. The van der Waals surface area contributed by atoms with Gasteiger partial charge in [0.2, 0.25) is 0 Å². The fourth-order valence-corrected chi connectivity index (χ4v) is 4.29. The second-order valence-electron chi connectivity index (χ2n) is 7.24. The summed E-state index contributed by atoms with van der Waals surface area (Å²) in [6.45, 7) is 0.835. The molecular weight excluding hydrogens is 396 g/mol. The van der Waals surface area contributed by atoms with Crippen molar-refractivity contribution in [2.45, 2.75) is 42.7 Å². The normalized spacial score (nSPS) is 19.5. The van der Waals surface area contributed by atoms with Crippen molar-refractivity contribution in [3.05, 3.63) is 64.7 Å². The first-order chi connectivity index (χ1) is 13.3. The van der Waals surface area contributed by atoms with Gasteiger partial charge in [0.25, 0.3) is 5.91 Å². The summed E-state index contributed by atoms with van der Waals surface area (Å²) in [4.78, 5) is 12.7. The zero-order valence-electron chi connectivity index (χ0n) is 15.8. The highest BCUT2D eigenvalue weighted by Crippen LogP contribution is 2.20. The Morgan fingerprint density at radius 3 is 2.32 bits per heavy atom. The first-order valence-corrected chi connectivity index (χ1v) is 11.7. The molecule has 5 nitrogen and oxygen atoms in total. The van der Waals surface area contributed by atoms with Gasteiger partial charge in [0.05, 0.1) is 4.90 Å². The van der Waals surface area contributed by atoms with E-state index in [2.05, 4.69) is 10.6 Å². The number of hydrogen-bond donors (Lipinski definition) is 2. The van der Waals surface area contributed by atoms with Crippen LogP contribution in [-0.2, 0) is 16.3 Å². The molecule has 28 heavy (non-hydrogen) atoms. The molecule has 0 spiro atoms. The molecule has 7 heteroatoms. The minimum Gasteiger partial charge on any atom is -0.348 e. The number of carbonyl (C=O) groups excluding carboxylic acids is 1. The Bertz CT molecular complexity index is 912. The van der Waals surface area contributed by atoms with Crippen LogP contribution in [0.15, 0.2) is 53.4 Å². The third kappa shape index (κ3) is 5.56. The van der Waals surface area contributed by atoms with Crippen molar-refractivity contribution in [2.24, 2.45) is 0 Å². The topological polar surface area (TPSA) is 75.3 Å². The zero-order valence-corrected chi connectivity index (χ0v) is 17.4. The van der Waals surface area contributed by atoms with Gasteiger partial charge in [-0.05, 0) is 74.2 Å². The molecule has 0 radical (unpaired) electrons. The molecule has 0 unspecified atom stereocenters. The summed E-state index contributed by atoms with van der Waals surface area (Å²) in [5.41, 5.74) is 1.70. The third-order valence-electron chi connectivity index (χ3n) is 5.11. The van der Waals surface area contributed by atoms with E-state index < -0.39 is 9.84 Å². The Hall–Kier alpha value is -1.89. The Morgan fingerprint density at radius 1 is 1.04 bits per heavy atom. The van der Waals surface area contributed by atoms with Crippen LogP contribution in [-0.4, -0.2) is 39.2 Å². The van der Waals surface area contributed by atoms with E-state index in [1.807, 2.05) is 24.3 Å². The molecule has 0 aromatic heterocycles. The van der Waals surface area contributed by atoms with Crippen molar-refractivity contribution in [3.63, 3.8) is 0 Å². The molecule has 2 N–H and O–H groups in total. The Morgan fingerprint density at radius 2 is 1.68 bits per heavy atom. The molecule has 1 aliphatic carbocycles. The van der Waals surface area contributed by atoms with Crippen LogP contribution in [0.4, 0.5) is 0 Å². The van der Waals surface area contributed by atoms with Crippen molar-refractivity contribution in [1.82, 2.24) is 10.6 Å². The standard InChI is InChI=1S/C21H25ClN2O3S/c1-28(26,27)18-11-7-16(8-12-18)21(25)24-20-4-2-3-19(20)23-14-13-15-5-9-17(22)10-6-15/h5-12,19-20,23H,2-4,13-14H2,1H3,(H,24,25)/t19-,20-/m1/s1. The highest BCUT2D eigenvalue weighted by molar-refractivity contribution is 7.90. The van der Waals surface area contributed by atoms with E-state index in [9.17, 15) is 13.2 Å². The smallest absolute Gasteiger partial charge is 0.251 e. The summed E-state index contributed by atoms with van der Waals surface area (Å²) in [6, 6.07) is 14.2. The monoisotopic (exact) mass is 420 g/mol. The molecule has 1 fully saturated rings. The van der Waals surface area contributed by atoms with Crippen molar-refractivity contribution in [3.8, 4) is 0 Å². The molecule has 0 aliphatic heterocycles. The van der Waals surface area contributed by atoms with Crippen LogP contribution < -0.4 is 10.6 Å². The molecule has 0 heterocycles. The van der Waals surface area contributed by atoms with Crippen molar-refractivity contribution in [2.75, 3.05) is 12.8 Å². The molecule has 2 atom stereocenters. The Kier molecular flexibility index (Phi) is 6.75. The quantitative estimate of drug-likeness (QED) is 0.721. The second-order valence-corrected chi connectivity index (χ2v) is 9.70. The minimum absolute atomic E-state index is 0.0762. The van der Waals surface area contributed by atoms with Crippen LogP contribution in [0.1, 0.15) is 35.2 Å². The summed E-state index contributed by atoms with van der Waals surface area (Å²) in [6.07, 6.45) is 5.09. The maximum Gasteiger partial charge on any atom is 0.251 e. The third-order valence-corrected chi connectivity index (χ3v) is 6.49. The zero-order chi connectivity index (χ0) is 20.1. The van der Waals surface area contributed by atoms with Gasteiger partial charge in [-0.25, -0.2) is 8.42 Å². The molecular formula is C21H25ClN2O3S. The minimum atomic E-state index is -3.26. The lowest BCUT2D eigenvalue weighted by molar-refractivity contribution is 0.0931. The maximum atomic E-state index is 12.5. The van der Waals surface area contributed by atoms with Crippen LogP contribution >= 0.6 is 11.6 Å². The average Bonchev–Trinajstić information content (AvgIpc) is 3.10. The van der Waals surface area contributed by atoms with E-state index in [1.165, 1.54) is 17.7 Å². The molecule has 3 rings (SSSR count). The highest BCUT2D eigenvalue weighted by atomic mass is 35.5. The summed E-state index contributed by atoms with van der Waals surface area (Å²) in [7, 11) is -3.26. The van der Waals surface area contributed by atoms with Crippen molar-refractivity contribution >= 4 is 27.3 Å². The number of sulfone groups is 1. The predicted molar refractivity (Wildman–Crippen MR) is 112 cm³/mol. The fraction of sp³-hybridized carbons (Fsp3) is 0.381. The van der Waals surface area contributed by atoms with Crippen LogP contribution in [0.2, 0.25) is 5.02 Å². The second kappa shape index (κ2) is 9.07. The summed E-state index contributed by atoms with van der Waals surface area (Å²) in [5.74, 6) is -0.170. The molecule has 1 aliphatic rings. The first kappa shape index (κ1) is 20.8. The number of benzene rings is 2. The van der Waals surface area contributed by atoms with Crippen LogP contribution in [0.25, 0.3) is 0 Å². The van der Waals surface area contributed by atoms with Crippen LogP contribution in [0, 0.1) is 0 Å². The van der Waals surface area contributed by atoms with Crippen molar-refractivity contribution < 1.29 is 13.2 Å². The molecule has 2 aromatic carbocycles. The number of hydrogen-bond acceptors (Lipinski definition) is 4. The molecule has 0 bridgehead atoms. The number of nitrogens with one attached hydrogen (secondary N) is 2. The van der Waals surface area contributed by atoms with E-state index in [1.54, 1.807) is 12.1 Å². The van der Waals surface area contributed by atoms with Crippen molar-refractivity contribution in [1.29, 1.82) is 0 Å². The van der Waals surface area contributed by atoms with E-state index in [4.69, 9.17) is 11.6 Å². The SMILES string of the molecule is CS(=O)(=O)c1ccc(C(=O)N[C@@H]2CCC[C@H]2NCCc2ccc(Cl)cc2)cc1. The van der Waals surface area contributed by atoms with Gasteiger partial charge >= 0.3 is 0 Å². The Labute approximate surface area is 171 Å². The Balaban J connectivity index is 1.52. The van der Waals surface area contributed by atoms with Gasteiger partial charge in [0.1, 0.15) is 0 Å². The van der Waals surface area contributed by atoms with Gasteiger partial charge in [-0.3, -0.25) is 4.79 Å². The molecule has 2 aromatic rings. The number of rotatable bonds is 7. The van der Waals surface area contributed by atoms with Crippen LogP contribution in [0.3, 0.4) is 0 Å². The molecule has 1 saturated carbocycles. The largest absolute Gasteiger partial charge is 0.348 e. The van der Waals surface area contributed by atoms with E-state index in [0.29, 0.717) is 5.56 Å².